The lowest BCUT2D eigenvalue weighted by Gasteiger charge is -2.29. The highest BCUT2D eigenvalue weighted by Crippen LogP contribution is 2.40. The number of amides is 2. The predicted molar refractivity (Wildman–Crippen MR) is 94.3 cm³/mol. The lowest BCUT2D eigenvalue weighted by atomic mass is 9.93. The van der Waals surface area contributed by atoms with Gasteiger partial charge in [0.1, 0.15) is 0 Å². The van der Waals surface area contributed by atoms with Crippen molar-refractivity contribution in [3.63, 3.8) is 0 Å². The molecule has 3 N–H and O–H groups in total. The maximum Gasteiger partial charge on any atom is 0.337 e. The zero-order chi connectivity index (χ0) is 20.1. The summed E-state index contributed by atoms with van der Waals surface area (Å²) < 4.78 is 9.84. The average molecular weight is 379 g/mol. The molecule has 146 valence electrons. The third-order valence-corrected chi connectivity index (χ3v) is 4.17. The summed E-state index contributed by atoms with van der Waals surface area (Å²) in [6.45, 7) is 1.97. The summed E-state index contributed by atoms with van der Waals surface area (Å²) in [5.41, 5.74) is 0.150. The van der Waals surface area contributed by atoms with E-state index in [1.165, 1.54) is 20.3 Å². The smallest absolute Gasteiger partial charge is 0.337 e. The molecule has 27 heavy (non-hydrogen) atoms. The van der Waals surface area contributed by atoms with Crippen LogP contribution in [0.5, 0.6) is 11.5 Å². The van der Waals surface area contributed by atoms with Gasteiger partial charge in [0.25, 0.3) is 0 Å². The van der Waals surface area contributed by atoms with Gasteiger partial charge in [0.2, 0.25) is 5.75 Å². The van der Waals surface area contributed by atoms with E-state index >= 15 is 0 Å². The fourth-order valence-electron chi connectivity index (χ4n) is 2.84. The summed E-state index contributed by atoms with van der Waals surface area (Å²) in [6, 6.07) is 0.882. The number of carbonyl (C=O) groups excluding carboxylic acids is 2. The van der Waals surface area contributed by atoms with Gasteiger partial charge in [-0.25, -0.2) is 9.59 Å². The summed E-state index contributed by atoms with van der Waals surface area (Å²) in [7, 11) is 2.45. The van der Waals surface area contributed by atoms with E-state index in [4.69, 9.17) is 9.47 Å². The molecule has 1 aliphatic rings. The fourth-order valence-corrected chi connectivity index (χ4v) is 2.84. The molecule has 1 heterocycles. The average Bonchev–Trinajstić information content (AvgIpc) is 2.65. The number of hydrogen-bond acceptors (Lipinski definition) is 7. The quantitative estimate of drug-likeness (QED) is 0.375. The molecule has 1 unspecified atom stereocenters. The molecule has 0 saturated heterocycles. The second kappa shape index (κ2) is 8.39. The second-order valence-electron chi connectivity index (χ2n) is 5.87. The molecule has 1 aromatic rings. The van der Waals surface area contributed by atoms with Crippen molar-refractivity contribution in [2.24, 2.45) is 0 Å². The molecular formula is C17H21N3O7. The number of carbonyl (C=O) groups is 2. The molecule has 1 aromatic carbocycles. The van der Waals surface area contributed by atoms with Crippen molar-refractivity contribution < 1.29 is 29.1 Å². The summed E-state index contributed by atoms with van der Waals surface area (Å²) in [4.78, 5) is 35.0. The van der Waals surface area contributed by atoms with Crippen LogP contribution in [0, 0.1) is 10.1 Å². The van der Waals surface area contributed by atoms with Gasteiger partial charge in [-0.05, 0) is 24.5 Å². The topological polar surface area (TPSA) is 140 Å². The Balaban J connectivity index is 2.66. The van der Waals surface area contributed by atoms with E-state index in [-0.39, 0.29) is 16.9 Å². The highest BCUT2D eigenvalue weighted by molar-refractivity contribution is 5.95. The molecule has 1 aliphatic heterocycles. The normalized spacial score (nSPS) is 16.4. The van der Waals surface area contributed by atoms with Crippen LogP contribution in [0.3, 0.4) is 0 Å². The standard InChI is InChI=1S/C17H21N3O7/c1-4-5-6-10-13(16(22)27-3)14(19-17(23)18-10)9-7-11(20(24)25)15(21)12(8-9)26-2/h7-8,14,21H,4-6H2,1-3H3,(H2,18,19,23). The Labute approximate surface area is 155 Å². The number of hydrogen-bond donors (Lipinski definition) is 3. The number of allylic oxidation sites excluding steroid dienone is 1. The molecular weight excluding hydrogens is 358 g/mol. The van der Waals surface area contributed by atoms with Crippen molar-refractivity contribution in [2.45, 2.75) is 32.2 Å². The van der Waals surface area contributed by atoms with E-state index < -0.39 is 34.4 Å². The van der Waals surface area contributed by atoms with Gasteiger partial charge in [0.05, 0.1) is 30.8 Å². The summed E-state index contributed by atoms with van der Waals surface area (Å²) in [5, 5.41) is 26.4. The van der Waals surface area contributed by atoms with E-state index in [2.05, 4.69) is 10.6 Å². The zero-order valence-corrected chi connectivity index (χ0v) is 15.2. The van der Waals surface area contributed by atoms with E-state index in [0.29, 0.717) is 12.1 Å². The number of nitrogens with one attached hydrogen (secondary N) is 2. The SMILES string of the molecule is CCCCC1=C(C(=O)OC)C(c2cc(OC)c(O)c([N+](=O)[O-])c2)NC(=O)N1. The van der Waals surface area contributed by atoms with Crippen LogP contribution in [0.25, 0.3) is 0 Å². The van der Waals surface area contributed by atoms with Crippen LogP contribution in [-0.2, 0) is 9.53 Å². The Kier molecular flexibility index (Phi) is 6.22. The molecule has 10 heteroatoms. The monoisotopic (exact) mass is 379 g/mol. The van der Waals surface area contributed by atoms with Gasteiger partial charge in [0.15, 0.2) is 5.75 Å². The summed E-state index contributed by atoms with van der Waals surface area (Å²) in [5.74, 6) is -1.46. The van der Waals surface area contributed by atoms with Gasteiger partial charge >= 0.3 is 17.7 Å². The number of unbranched alkanes of at least 4 members (excludes halogenated alkanes) is 1. The van der Waals surface area contributed by atoms with Crippen molar-refractivity contribution in [3.05, 3.63) is 39.1 Å². The molecule has 0 aromatic heterocycles. The third kappa shape index (κ3) is 4.10. The number of rotatable bonds is 7. The first kappa shape index (κ1) is 20.0. The number of phenolic OH excluding ortho intramolecular Hbond substituents is 1. The van der Waals surface area contributed by atoms with Crippen LogP contribution in [-0.4, -0.2) is 36.2 Å². The lowest BCUT2D eigenvalue weighted by Crippen LogP contribution is -2.45. The van der Waals surface area contributed by atoms with Crippen molar-refractivity contribution in [1.82, 2.24) is 10.6 Å². The number of nitro groups is 1. The van der Waals surface area contributed by atoms with Crippen molar-refractivity contribution in [1.29, 1.82) is 0 Å². The van der Waals surface area contributed by atoms with Gasteiger partial charge in [-0.2, -0.15) is 0 Å². The lowest BCUT2D eigenvalue weighted by molar-refractivity contribution is -0.386. The number of nitrogens with zero attached hydrogens (tertiary/aromatic N) is 1. The Hall–Kier alpha value is -3.30. The van der Waals surface area contributed by atoms with Crippen molar-refractivity contribution in [3.8, 4) is 11.5 Å². The maximum absolute atomic E-state index is 12.4. The number of benzene rings is 1. The number of nitro benzene ring substituents is 1. The minimum Gasteiger partial charge on any atom is -0.500 e. The van der Waals surface area contributed by atoms with Gasteiger partial charge in [-0.3, -0.25) is 10.1 Å². The second-order valence-corrected chi connectivity index (χ2v) is 5.87. The molecule has 0 saturated carbocycles. The number of phenols is 1. The van der Waals surface area contributed by atoms with Crippen LogP contribution in [0.2, 0.25) is 0 Å². The van der Waals surface area contributed by atoms with Crippen molar-refractivity contribution >= 4 is 17.7 Å². The summed E-state index contributed by atoms with van der Waals surface area (Å²) >= 11 is 0. The first-order valence-electron chi connectivity index (χ1n) is 8.28. The van der Waals surface area contributed by atoms with E-state index in [0.717, 1.165) is 18.9 Å². The number of aromatic hydroxyl groups is 1. The molecule has 1 atom stereocenters. The molecule has 0 spiro atoms. The number of esters is 1. The molecule has 0 aliphatic carbocycles. The maximum atomic E-state index is 12.4. The third-order valence-electron chi connectivity index (χ3n) is 4.17. The predicted octanol–water partition coefficient (Wildman–Crippen LogP) is 2.28. The Morgan fingerprint density at radius 3 is 2.63 bits per heavy atom. The van der Waals surface area contributed by atoms with Gasteiger partial charge in [-0.1, -0.05) is 13.3 Å². The van der Waals surface area contributed by atoms with Gasteiger partial charge < -0.3 is 25.2 Å². The van der Waals surface area contributed by atoms with E-state index in [1.54, 1.807) is 0 Å². The van der Waals surface area contributed by atoms with Gasteiger partial charge in [0, 0.05) is 11.8 Å². The van der Waals surface area contributed by atoms with Crippen LogP contribution in [0.4, 0.5) is 10.5 Å². The molecule has 10 nitrogen and oxygen atoms in total. The highest BCUT2D eigenvalue weighted by atomic mass is 16.6. The largest absolute Gasteiger partial charge is 0.500 e. The van der Waals surface area contributed by atoms with Crippen LogP contribution in [0.1, 0.15) is 37.8 Å². The highest BCUT2D eigenvalue weighted by Gasteiger charge is 2.35. The Bertz CT molecular complexity index is 804. The van der Waals surface area contributed by atoms with Crippen LogP contribution in [0.15, 0.2) is 23.4 Å². The van der Waals surface area contributed by atoms with E-state index in [9.17, 15) is 24.8 Å². The van der Waals surface area contributed by atoms with Crippen LogP contribution >= 0.6 is 0 Å². The number of ether oxygens (including phenoxy) is 2. The zero-order valence-electron chi connectivity index (χ0n) is 15.2. The summed E-state index contributed by atoms with van der Waals surface area (Å²) in [6.07, 6.45) is 1.99. The van der Waals surface area contributed by atoms with E-state index in [1.807, 2.05) is 6.92 Å². The molecule has 0 bridgehead atoms. The minimum atomic E-state index is -0.994. The van der Waals surface area contributed by atoms with Crippen molar-refractivity contribution in [2.75, 3.05) is 14.2 Å². The first-order valence-corrected chi connectivity index (χ1v) is 8.28. The molecule has 0 fully saturated rings. The van der Waals surface area contributed by atoms with Crippen LogP contribution < -0.4 is 15.4 Å². The molecule has 0 radical (unpaired) electrons. The fraction of sp³-hybridized carbons (Fsp3) is 0.412. The number of methoxy groups -OCH3 is 2. The Morgan fingerprint density at radius 1 is 1.37 bits per heavy atom. The van der Waals surface area contributed by atoms with Gasteiger partial charge in [-0.15, -0.1) is 0 Å². The Morgan fingerprint density at radius 2 is 2.07 bits per heavy atom. The number of urea groups is 1. The molecule has 2 amide bonds. The first-order chi connectivity index (χ1) is 12.8. The minimum absolute atomic E-state index is 0.146. The molecule has 2 rings (SSSR count).